The molecule has 60 heavy (non-hydrogen) atoms. The first-order valence-electron chi connectivity index (χ1n) is 20.7. The Balaban J connectivity index is 1.13. The van der Waals surface area contributed by atoms with Crippen LogP contribution in [0.25, 0.3) is 81.4 Å². The average molecular weight is 784 g/mol. The zero-order chi connectivity index (χ0) is 39.7. The highest BCUT2D eigenvalue weighted by Gasteiger charge is 2.46. The Bertz CT molecular complexity index is 3540. The van der Waals surface area contributed by atoms with Gasteiger partial charge in [0.15, 0.2) is 0 Å². The molecule has 2 aliphatic carbocycles. The second-order valence-corrected chi connectivity index (χ2v) is 17.9. The zero-order valence-electron chi connectivity index (χ0n) is 33.1. The molecule has 0 saturated carbocycles. The van der Waals surface area contributed by atoms with Crippen LogP contribution in [0.4, 0.5) is 0 Å². The number of rotatable bonds is 4. The maximum atomic E-state index is 5.51. The lowest BCUT2D eigenvalue weighted by molar-refractivity contribution is 0.661. The van der Waals surface area contributed by atoms with E-state index in [2.05, 4.69) is 200 Å². The average Bonchev–Trinajstić information content (AvgIpc) is 4.00. The molecule has 0 atom stereocenters. The molecule has 0 unspecified atom stereocenters. The van der Waals surface area contributed by atoms with Crippen LogP contribution >= 0.6 is 11.3 Å². The molecule has 0 saturated heterocycles. The lowest BCUT2D eigenvalue weighted by atomic mass is 9.67. The molecule has 0 spiro atoms. The van der Waals surface area contributed by atoms with Crippen molar-refractivity contribution >= 4 is 53.3 Å². The van der Waals surface area contributed by atoms with E-state index in [9.17, 15) is 0 Å². The molecule has 282 valence electrons. The third-order valence-electron chi connectivity index (χ3n) is 13.6. The maximum Gasteiger partial charge on any atom is 0.235 e. The summed E-state index contributed by atoms with van der Waals surface area (Å²) in [7, 11) is 0. The Morgan fingerprint density at radius 3 is 1.87 bits per heavy atom. The van der Waals surface area contributed by atoms with Gasteiger partial charge < -0.3 is 0 Å². The summed E-state index contributed by atoms with van der Waals surface area (Å²) in [5, 5.41) is 4.92. The number of hydrogen-bond acceptors (Lipinski definition) is 3. The molecular formula is C56H37N3S. The van der Waals surface area contributed by atoms with Crippen LogP contribution in [0.2, 0.25) is 0 Å². The van der Waals surface area contributed by atoms with E-state index in [0.29, 0.717) is 5.95 Å². The molecule has 8 aromatic carbocycles. The SMILES string of the molecule is CC1(C)c2ccccc2-c2cc3c4ccc(C5(c6ccccc6)c6ccccc6-c6ccccc65)cc4n(-c4nccc(-c5cccc6c5sc5ccccc56)n4)c3cc21. The van der Waals surface area contributed by atoms with Gasteiger partial charge in [-0.15, -0.1) is 11.3 Å². The van der Waals surface area contributed by atoms with Crippen LogP contribution in [0, 0.1) is 0 Å². The molecule has 3 heterocycles. The predicted molar refractivity (Wildman–Crippen MR) is 250 cm³/mol. The molecule has 0 aliphatic heterocycles. The van der Waals surface area contributed by atoms with Crippen LogP contribution in [0.3, 0.4) is 0 Å². The van der Waals surface area contributed by atoms with Gasteiger partial charge in [-0.05, 0) is 86.0 Å². The van der Waals surface area contributed by atoms with Crippen molar-refractivity contribution in [2.75, 3.05) is 0 Å². The molecule has 2 aliphatic rings. The predicted octanol–water partition coefficient (Wildman–Crippen LogP) is 14.3. The molecule has 0 fully saturated rings. The van der Waals surface area contributed by atoms with Crippen molar-refractivity contribution in [3.63, 3.8) is 0 Å². The highest BCUT2D eigenvalue weighted by Crippen LogP contribution is 2.57. The largest absolute Gasteiger partial charge is 0.278 e. The number of thiophene rings is 1. The first-order valence-corrected chi connectivity index (χ1v) is 21.6. The molecule has 3 aromatic heterocycles. The number of nitrogens with zero attached hydrogens (tertiary/aromatic N) is 3. The summed E-state index contributed by atoms with van der Waals surface area (Å²) < 4.78 is 4.87. The molecule has 11 aromatic rings. The fourth-order valence-corrected chi connectivity index (χ4v) is 12.2. The monoisotopic (exact) mass is 783 g/mol. The summed E-state index contributed by atoms with van der Waals surface area (Å²) in [6.07, 6.45) is 1.94. The summed E-state index contributed by atoms with van der Waals surface area (Å²) >= 11 is 1.83. The van der Waals surface area contributed by atoms with Crippen molar-refractivity contribution in [3.05, 3.63) is 222 Å². The van der Waals surface area contributed by atoms with Gasteiger partial charge in [0, 0.05) is 48.1 Å². The standard InChI is InChI=1S/C56H37N3S/c1-55(2)45-23-10-6-19-38(45)43-32-44-39-28-27-35(56(34-15-4-3-5-16-34)46-24-11-7-17-36(46)37-18-8-12-25-47(37)56)31-50(39)59(51(44)33-48(43)55)54-57-30-29-49(58-54)42-22-14-21-41-40-20-9-13-26-52(40)60-53(41)42/h3-33H,1-2H3. The fourth-order valence-electron chi connectivity index (χ4n) is 10.9. The molecule has 0 radical (unpaired) electrons. The lowest BCUT2D eigenvalue weighted by Gasteiger charge is -2.34. The molecule has 4 heteroatoms. The van der Waals surface area contributed by atoms with E-state index >= 15 is 0 Å². The third-order valence-corrected chi connectivity index (χ3v) is 14.8. The Kier molecular flexibility index (Phi) is 6.87. The summed E-state index contributed by atoms with van der Waals surface area (Å²) in [4.78, 5) is 10.6. The summed E-state index contributed by atoms with van der Waals surface area (Å²) in [5.74, 6) is 0.664. The molecule has 0 amide bonds. The van der Waals surface area contributed by atoms with Gasteiger partial charge >= 0.3 is 0 Å². The van der Waals surface area contributed by atoms with E-state index in [1.54, 1.807) is 0 Å². The quantitative estimate of drug-likeness (QED) is 0.178. The van der Waals surface area contributed by atoms with Gasteiger partial charge in [0.25, 0.3) is 0 Å². The molecular weight excluding hydrogens is 747 g/mol. The molecule has 0 bridgehead atoms. The first kappa shape index (κ1) is 33.8. The van der Waals surface area contributed by atoms with Crippen LogP contribution in [-0.4, -0.2) is 14.5 Å². The van der Waals surface area contributed by atoms with Crippen molar-refractivity contribution in [2.24, 2.45) is 0 Å². The zero-order valence-corrected chi connectivity index (χ0v) is 34.0. The van der Waals surface area contributed by atoms with Gasteiger partial charge in [-0.25, -0.2) is 9.97 Å². The molecule has 13 rings (SSSR count). The molecule has 3 nitrogen and oxygen atoms in total. The van der Waals surface area contributed by atoms with Crippen molar-refractivity contribution in [1.82, 2.24) is 14.5 Å². The Labute approximate surface area is 351 Å². The maximum absolute atomic E-state index is 5.51. The van der Waals surface area contributed by atoms with Crippen LogP contribution in [-0.2, 0) is 10.8 Å². The number of fused-ring (bicyclic) bond motifs is 12. The summed E-state index contributed by atoms with van der Waals surface area (Å²) in [6, 6.07) is 67.3. The Morgan fingerprint density at radius 2 is 1.08 bits per heavy atom. The first-order chi connectivity index (χ1) is 29.5. The minimum Gasteiger partial charge on any atom is -0.278 e. The van der Waals surface area contributed by atoms with E-state index in [-0.39, 0.29) is 5.41 Å². The van der Waals surface area contributed by atoms with Crippen LogP contribution < -0.4 is 0 Å². The van der Waals surface area contributed by atoms with Crippen molar-refractivity contribution in [1.29, 1.82) is 0 Å². The van der Waals surface area contributed by atoms with Crippen LogP contribution in [0.5, 0.6) is 0 Å². The van der Waals surface area contributed by atoms with E-state index in [1.165, 1.54) is 86.6 Å². The van der Waals surface area contributed by atoms with Gasteiger partial charge in [-0.3, -0.25) is 4.57 Å². The van der Waals surface area contributed by atoms with Crippen molar-refractivity contribution in [2.45, 2.75) is 24.7 Å². The highest BCUT2D eigenvalue weighted by molar-refractivity contribution is 7.26. The van der Waals surface area contributed by atoms with Crippen LogP contribution in [0.1, 0.15) is 47.2 Å². The lowest BCUT2D eigenvalue weighted by Crippen LogP contribution is -2.28. The topological polar surface area (TPSA) is 30.7 Å². The van der Waals surface area contributed by atoms with E-state index in [1.807, 2.05) is 17.5 Å². The smallest absolute Gasteiger partial charge is 0.235 e. The van der Waals surface area contributed by atoms with Crippen molar-refractivity contribution < 1.29 is 0 Å². The summed E-state index contributed by atoms with van der Waals surface area (Å²) in [6.45, 7) is 4.71. The number of hydrogen-bond donors (Lipinski definition) is 0. The van der Waals surface area contributed by atoms with Crippen molar-refractivity contribution in [3.8, 4) is 39.5 Å². The second kappa shape index (κ2) is 12.2. The van der Waals surface area contributed by atoms with Gasteiger partial charge in [-0.2, -0.15) is 0 Å². The van der Waals surface area contributed by atoms with Gasteiger partial charge in [0.1, 0.15) is 0 Å². The third kappa shape index (κ3) is 4.38. The Hall–Kier alpha value is -7.14. The van der Waals surface area contributed by atoms with Gasteiger partial charge in [0.2, 0.25) is 5.95 Å². The van der Waals surface area contributed by atoms with E-state index < -0.39 is 5.41 Å². The number of aromatic nitrogens is 3. The minimum absolute atomic E-state index is 0.166. The minimum atomic E-state index is -0.536. The van der Waals surface area contributed by atoms with Crippen LogP contribution in [0.15, 0.2) is 188 Å². The molecule has 0 N–H and O–H groups in total. The fraction of sp³-hybridized carbons (Fsp3) is 0.0714. The summed E-state index contributed by atoms with van der Waals surface area (Å²) in [5.41, 5.74) is 16.5. The number of benzene rings is 8. The normalized spacial score (nSPS) is 14.4. The second-order valence-electron chi connectivity index (χ2n) is 16.9. The van der Waals surface area contributed by atoms with Gasteiger partial charge in [-0.1, -0.05) is 166 Å². The highest BCUT2D eigenvalue weighted by atomic mass is 32.1. The van der Waals surface area contributed by atoms with E-state index in [4.69, 9.17) is 9.97 Å². The van der Waals surface area contributed by atoms with Gasteiger partial charge in [0.05, 0.1) is 22.1 Å². The van der Waals surface area contributed by atoms with E-state index in [0.717, 1.165) is 22.3 Å². The Morgan fingerprint density at radius 1 is 0.450 bits per heavy atom.